The number of rotatable bonds is 13. The van der Waals surface area contributed by atoms with E-state index in [0.717, 1.165) is 25.9 Å². The van der Waals surface area contributed by atoms with Crippen molar-refractivity contribution in [1.29, 1.82) is 0 Å². The van der Waals surface area contributed by atoms with Crippen LogP contribution in [0.25, 0.3) is 0 Å². The van der Waals surface area contributed by atoms with Gasteiger partial charge >= 0.3 is 5.97 Å². The number of aliphatic hydroxyl groups is 1. The van der Waals surface area contributed by atoms with Gasteiger partial charge in [0.25, 0.3) is 0 Å². The predicted molar refractivity (Wildman–Crippen MR) is 161 cm³/mol. The highest BCUT2D eigenvalue weighted by molar-refractivity contribution is 6.74. The molecule has 10 heteroatoms. The van der Waals surface area contributed by atoms with E-state index in [9.17, 15) is 9.90 Å². The molecule has 0 amide bonds. The number of fused-ring (bicyclic) bond motifs is 2. The summed E-state index contributed by atoms with van der Waals surface area (Å²) in [6.45, 7) is 15.8. The van der Waals surface area contributed by atoms with Gasteiger partial charge in [0.1, 0.15) is 5.41 Å². The second-order valence-corrected chi connectivity index (χ2v) is 18.0. The van der Waals surface area contributed by atoms with Gasteiger partial charge in [0.2, 0.25) is 0 Å². The number of ether oxygens (including phenoxy) is 5. The summed E-state index contributed by atoms with van der Waals surface area (Å²) >= 11 is 0. The number of nitrogens with zero attached hydrogens (tertiary/aromatic N) is 1. The number of carbonyl (C=O) groups excluding carboxylic acids is 1. The fourth-order valence-electron chi connectivity index (χ4n) is 6.89. The molecule has 5 atom stereocenters. The van der Waals surface area contributed by atoms with E-state index in [4.69, 9.17) is 28.1 Å². The number of aliphatic hydroxyl groups excluding tert-OH is 1. The van der Waals surface area contributed by atoms with Crippen molar-refractivity contribution in [3.05, 3.63) is 23.8 Å². The highest BCUT2D eigenvalue weighted by Crippen LogP contribution is 2.60. The van der Waals surface area contributed by atoms with Gasteiger partial charge in [-0.2, -0.15) is 0 Å². The smallest absolute Gasteiger partial charge is 0.316 e. The Balaban J connectivity index is 2.18. The predicted octanol–water partition coefficient (Wildman–Crippen LogP) is 5.03. The summed E-state index contributed by atoms with van der Waals surface area (Å²) in [5.41, 5.74) is -0.771. The molecule has 2 fully saturated rings. The molecule has 0 spiro atoms. The number of hydrogen-bond acceptors (Lipinski definition) is 9. The molecule has 41 heavy (non-hydrogen) atoms. The van der Waals surface area contributed by atoms with Crippen molar-refractivity contribution >= 4 is 14.3 Å². The third kappa shape index (κ3) is 6.48. The van der Waals surface area contributed by atoms with Gasteiger partial charge in [0.05, 0.1) is 33.0 Å². The minimum absolute atomic E-state index is 0.0110. The van der Waals surface area contributed by atoms with Crippen molar-refractivity contribution in [1.82, 2.24) is 4.90 Å². The molecule has 1 saturated carbocycles. The fourth-order valence-corrected chi connectivity index (χ4v) is 8.28. The summed E-state index contributed by atoms with van der Waals surface area (Å²) in [6, 6.07) is 5.47. The zero-order chi connectivity index (χ0) is 30.6. The topological polar surface area (TPSA) is 95.9 Å². The number of methoxy groups -OCH3 is 4. The van der Waals surface area contributed by atoms with E-state index in [1.54, 1.807) is 27.4 Å². The highest BCUT2D eigenvalue weighted by atomic mass is 28.4. The Kier molecular flexibility index (Phi) is 11.0. The average molecular weight is 596 g/mol. The number of hydrogen-bond donors (Lipinski definition) is 1. The van der Waals surface area contributed by atoms with Crippen LogP contribution in [-0.2, 0) is 23.4 Å². The highest BCUT2D eigenvalue weighted by Gasteiger charge is 2.67. The van der Waals surface area contributed by atoms with Gasteiger partial charge in [-0.1, -0.05) is 39.8 Å². The number of para-hydroxylation sites is 1. The Hall–Kier alpha value is -1.69. The Labute approximate surface area is 247 Å². The summed E-state index contributed by atoms with van der Waals surface area (Å²) in [5, 5.41) is 11.9. The third-order valence-electron chi connectivity index (χ3n) is 9.92. The van der Waals surface area contributed by atoms with Crippen LogP contribution in [0.1, 0.15) is 58.6 Å². The minimum Gasteiger partial charge on any atom is -0.493 e. The first kappa shape index (κ1) is 33.8. The lowest BCUT2D eigenvalue weighted by Crippen LogP contribution is -2.71. The Morgan fingerprint density at radius 1 is 1.15 bits per heavy atom. The van der Waals surface area contributed by atoms with Gasteiger partial charge in [-0.15, -0.1) is 0 Å². The Bertz CT molecular complexity index is 1030. The van der Waals surface area contributed by atoms with Crippen LogP contribution in [0.15, 0.2) is 18.2 Å². The van der Waals surface area contributed by atoms with Crippen molar-refractivity contribution in [2.45, 2.75) is 77.3 Å². The number of benzene rings is 1. The van der Waals surface area contributed by atoms with Crippen molar-refractivity contribution in [2.24, 2.45) is 16.7 Å². The Morgan fingerprint density at radius 3 is 2.41 bits per heavy atom. The summed E-state index contributed by atoms with van der Waals surface area (Å²) in [4.78, 5) is 16.5. The molecule has 2 bridgehead atoms. The van der Waals surface area contributed by atoms with Crippen LogP contribution in [0.2, 0.25) is 18.1 Å². The van der Waals surface area contributed by atoms with Gasteiger partial charge in [-0.3, -0.25) is 4.79 Å². The molecular weight excluding hydrogens is 542 g/mol. The largest absolute Gasteiger partial charge is 0.493 e. The van der Waals surface area contributed by atoms with E-state index in [-0.39, 0.29) is 35.2 Å². The van der Waals surface area contributed by atoms with Crippen LogP contribution in [0, 0.1) is 16.7 Å². The van der Waals surface area contributed by atoms with Gasteiger partial charge in [-0.25, -0.2) is 0 Å². The monoisotopic (exact) mass is 595 g/mol. The van der Waals surface area contributed by atoms with E-state index >= 15 is 0 Å². The van der Waals surface area contributed by atoms with Crippen molar-refractivity contribution in [3.63, 3.8) is 0 Å². The summed E-state index contributed by atoms with van der Waals surface area (Å²) < 4.78 is 35.2. The molecule has 1 aliphatic heterocycles. The van der Waals surface area contributed by atoms with Crippen LogP contribution in [-0.4, -0.2) is 91.9 Å². The first-order chi connectivity index (χ1) is 19.3. The van der Waals surface area contributed by atoms with E-state index in [1.165, 1.54) is 7.11 Å². The zero-order valence-corrected chi connectivity index (χ0v) is 27.9. The number of piperidine rings is 1. The van der Waals surface area contributed by atoms with Gasteiger partial charge in [0.15, 0.2) is 26.6 Å². The molecule has 1 unspecified atom stereocenters. The third-order valence-corrected chi connectivity index (χ3v) is 14.4. The standard InChI is InChI=1S/C31H53NO8Si/c1-11-32-18-30(20-35-5)16-15-26(40-41(9,10)29(2,3)4)31(19-32,28(34)38-8)25(30)17-23(33)22-13-12-14-24(37-7)27(22)39-21-36-6/h12-14,23,25-26,33H,11,15-21H2,1-10H3/t23?,25-,26+,30+,31+/m1/s1. The first-order valence-corrected chi connectivity index (χ1v) is 17.6. The van der Waals surface area contributed by atoms with Gasteiger partial charge in [0, 0.05) is 38.3 Å². The molecule has 1 N–H and O–H groups in total. The lowest BCUT2D eigenvalue weighted by atomic mass is 9.49. The number of esters is 1. The molecule has 0 aromatic heterocycles. The summed E-state index contributed by atoms with van der Waals surface area (Å²) in [5.74, 6) is 0.388. The SMILES string of the molecule is CCN1C[C@]2(COC)CC[C@H](O[Si](C)(C)C(C)(C)C)[C@](C(=O)OC)(C1)[C@@H]2CC(O)c1cccc(OC)c1OCOC. The van der Waals surface area contributed by atoms with Gasteiger partial charge in [-0.05, 0) is 55.9 Å². The minimum atomic E-state index is -2.27. The molecule has 9 nitrogen and oxygen atoms in total. The lowest BCUT2D eigenvalue weighted by Gasteiger charge is -2.63. The maximum absolute atomic E-state index is 14.2. The van der Waals surface area contributed by atoms with Gasteiger partial charge < -0.3 is 38.1 Å². The van der Waals surface area contributed by atoms with Crippen LogP contribution in [0.5, 0.6) is 11.5 Å². The Morgan fingerprint density at radius 2 is 1.85 bits per heavy atom. The molecule has 1 aromatic carbocycles. The maximum Gasteiger partial charge on any atom is 0.316 e. The van der Waals surface area contributed by atoms with Crippen LogP contribution in [0.4, 0.5) is 0 Å². The lowest BCUT2D eigenvalue weighted by molar-refractivity contribution is -0.215. The van der Waals surface area contributed by atoms with E-state index in [2.05, 4.69) is 45.7 Å². The zero-order valence-electron chi connectivity index (χ0n) is 26.9. The first-order valence-electron chi connectivity index (χ1n) is 14.7. The van der Waals surface area contributed by atoms with E-state index < -0.39 is 19.8 Å². The van der Waals surface area contributed by atoms with Crippen molar-refractivity contribution in [2.75, 3.05) is 61.5 Å². The van der Waals surface area contributed by atoms with E-state index in [1.807, 2.05) is 12.1 Å². The number of carbonyl (C=O) groups is 1. The molecule has 1 aromatic rings. The normalized spacial score (nSPS) is 27.8. The molecule has 1 aliphatic carbocycles. The summed E-state index contributed by atoms with van der Waals surface area (Å²) in [6.07, 6.45) is 0.571. The molecule has 1 heterocycles. The molecular formula is C31H53NO8Si. The van der Waals surface area contributed by atoms with Crippen LogP contribution < -0.4 is 9.47 Å². The quantitative estimate of drug-likeness (QED) is 0.191. The molecule has 0 radical (unpaired) electrons. The van der Waals surface area contributed by atoms with Crippen LogP contribution in [0.3, 0.4) is 0 Å². The second kappa shape index (κ2) is 13.3. The molecule has 234 valence electrons. The maximum atomic E-state index is 14.2. The second-order valence-electron chi connectivity index (χ2n) is 13.3. The number of likely N-dealkylation sites (tertiary alicyclic amines) is 1. The molecule has 2 aliphatic rings. The van der Waals surface area contributed by atoms with Crippen molar-refractivity contribution in [3.8, 4) is 11.5 Å². The van der Waals surface area contributed by atoms with Crippen LogP contribution >= 0.6 is 0 Å². The molecule has 3 rings (SSSR count). The van der Waals surface area contributed by atoms with E-state index in [0.29, 0.717) is 36.6 Å². The molecule has 1 saturated heterocycles. The summed E-state index contributed by atoms with van der Waals surface area (Å²) in [7, 11) is 4.02. The van der Waals surface area contributed by atoms with Crippen molar-refractivity contribution < 1.29 is 38.0 Å². The average Bonchev–Trinajstić information content (AvgIpc) is 2.92. The fraction of sp³-hybridized carbons (Fsp3) is 0.774.